The van der Waals surface area contributed by atoms with Gasteiger partial charge < -0.3 is 5.32 Å². The first-order valence-electron chi connectivity index (χ1n) is 7.21. The molecular weight excluding hydrogens is 254 g/mol. The number of benzene rings is 1. The van der Waals surface area contributed by atoms with Gasteiger partial charge in [0.2, 0.25) is 5.91 Å². The largest absolute Gasteiger partial charge is 0.353 e. The fourth-order valence-corrected chi connectivity index (χ4v) is 3.45. The summed E-state index contributed by atoms with van der Waals surface area (Å²) in [6.07, 6.45) is 5.18. The average Bonchev–Trinajstić information content (AvgIpc) is 2.81. The van der Waals surface area contributed by atoms with Crippen molar-refractivity contribution in [2.24, 2.45) is 5.92 Å². The SMILES string of the molecule is CC1CCC(NC(=O)CCCSc2ccccc2)C1. The van der Waals surface area contributed by atoms with E-state index in [4.69, 9.17) is 0 Å². The Bertz CT molecular complexity index is 393. The van der Waals surface area contributed by atoms with E-state index in [2.05, 4.69) is 36.5 Å². The van der Waals surface area contributed by atoms with E-state index < -0.39 is 0 Å². The number of nitrogens with one attached hydrogen (secondary N) is 1. The van der Waals surface area contributed by atoms with Crippen molar-refractivity contribution >= 4 is 17.7 Å². The van der Waals surface area contributed by atoms with Crippen LogP contribution in [0.3, 0.4) is 0 Å². The summed E-state index contributed by atoms with van der Waals surface area (Å²) >= 11 is 1.83. The highest BCUT2D eigenvalue weighted by molar-refractivity contribution is 7.99. The zero-order valence-electron chi connectivity index (χ0n) is 11.6. The fourth-order valence-electron chi connectivity index (χ4n) is 2.58. The first kappa shape index (κ1) is 14.4. The Morgan fingerprint density at radius 1 is 1.32 bits per heavy atom. The van der Waals surface area contributed by atoms with Crippen molar-refractivity contribution in [1.29, 1.82) is 0 Å². The molecule has 2 nitrogen and oxygen atoms in total. The molecule has 1 fully saturated rings. The van der Waals surface area contributed by atoms with Crippen LogP contribution in [0.25, 0.3) is 0 Å². The van der Waals surface area contributed by atoms with E-state index in [1.165, 1.54) is 11.3 Å². The Morgan fingerprint density at radius 2 is 2.11 bits per heavy atom. The van der Waals surface area contributed by atoms with Gasteiger partial charge in [-0.3, -0.25) is 4.79 Å². The van der Waals surface area contributed by atoms with E-state index in [9.17, 15) is 4.79 Å². The molecule has 0 spiro atoms. The third-order valence-electron chi connectivity index (χ3n) is 3.62. The highest BCUT2D eigenvalue weighted by Gasteiger charge is 2.22. The van der Waals surface area contributed by atoms with Crippen molar-refractivity contribution in [3.63, 3.8) is 0 Å². The second-order valence-electron chi connectivity index (χ2n) is 5.45. The molecule has 0 aliphatic heterocycles. The second kappa shape index (κ2) is 7.59. The second-order valence-corrected chi connectivity index (χ2v) is 6.62. The molecule has 1 aliphatic carbocycles. The van der Waals surface area contributed by atoms with E-state index in [0.717, 1.165) is 30.9 Å². The molecule has 0 saturated heterocycles. The summed E-state index contributed by atoms with van der Waals surface area (Å²) in [6, 6.07) is 10.8. The van der Waals surface area contributed by atoms with Crippen molar-refractivity contribution in [2.75, 3.05) is 5.75 Å². The van der Waals surface area contributed by atoms with Crippen molar-refractivity contribution in [3.8, 4) is 0 Å². The number of rotatable bonds is 6. The molecule has 2 rings (SSSR count). The maximum atomic E-state index is 11.8. The summed E-state index contributed by atoms with van der Waals surface area (Å²) in [5.41, 5.74) is 0. The maximum absolute atomic E-state index is 11.8. The minimum atomic E-state index is 0.229. The lowest BCUT2D eigenvalue weighted by Gasteiger charge is -2.12. The van der Waals surface area contributed by atoms with Crippen LogP contribution in [0.15, 0.2) is 35.2 Å². The Balaban J connectivity index is 1.57. The molecule has 1 aliphatic rings. The van der Waals surface area contributed by atoms with Gasteiger partial charge in [0.05, 0.1) is 0 Å². The van der Waals surface area contributed by atoms with Crippen LogP contribution in [-0.2, 0) is 4.79 Å². The fraction of sp³-hybridized carbons (Fsp3) is 0.562. The van der Waals surface area contributed by atoms with Crippen LogP contribution in [-0.4, -0.2) is 17.7 Å². The van der Waals surface area contributed by atoms with Crippen LogP contribution in [0.2, 0.25) is 0 Å². The normalized spacial score (nSPS) is 22.4. The summed E-state index contributed by atoms with van der Waals surface area (Å²) in [5, 5.41) is 3.16. The minimum Gasteiger partial charge on any atom is -0.353 e. The molecule has 1 aromatic carbocycles. The van der Waals surface area contributed by atoms with Crippen molar-refractivity contribution in [1.82, 2.24) is 5.32 Å². The van der Waals surface area contributed by atoms with Gasteiger partial charge in [-0.25, -0.2) is 0 Å². The molecule has 1 amide bonds. The molecule has 19 heavy (non-hydrogen) atoms. The van der Waals surface area contributed by atoms with Crippen LogP contribution in [0.1, 0.15) is 39.0 Å². The van der Waals surface area contributed by atoms with Gasteiger partial charge in [0, 0.05) is 17.4 Å². The molecule has 0 heterocycles. The number of carbonyl (C=O) groups is 1. The maximum Gasteiger partial charge on any atom is 0.220 e. The lowest BCUT2D eigenvalue weighted by molar-refractivity contribution is -0.121. The Labute approximate surface area is 120 Å². The van der Waals surface area contributed by atoms with E-state index >= 15 is 0 Å². The molecule has 104 valence electrons. The molecule has 0 radical (unpaired) electrons. The zero-order chi connectivity index (χ0) is 13.5. The summed E-state index contributed by atoms with van der Waals surface area (Å²) in [5.74, 6) is 2.02. The first-order chi connectivity index (χ1) is 9.24. The zero-order valence-corrected chi connectivity index (χ0v) is 12.4. The first-order valence-corrected chi connectivity index (χ1v) is 8.20. The van der Waals surface area contributed by atoms with Gasteiger partial charge in [0.1, 0.15) is 0 Å². The summed E-state index contributed by atoms with van der Waals surface area (Å²) in [4.78, 5) is 13.1. The van der Waals surface area contributed by atoms with E-state index in [-0.39, 0.29) is 5.91 Å². The lowest BCUT2D eigenvalue weighted by Crippen LogP contribution is -2.32. The lowest BCUT2D eigenvalue weighted by atomic mass is 10.1. The number of thioether (sulfide) groups is 1. The molecule has 2 atom stereocenters. The summed E-state index contributed by atoms with van der Waals surface area (Å²) in [7, 11) is 0. The summed E-state index contributed by atoms with van der Waals surface area (Å²) in [6.45, 7) is 2.27. The quantitative estimate of drug-likeness (QED) is 0.632. The molecular formula is C16H23NOS. The van der Waals surface area contributed by atoms with Crippen molar-refractivity contribution in [3.05, 3.63) is 30.3 Å². The molecule has 1 saturated carbocycles. The van der Waals surface area contributed by atoms with Gasteiger partial charge in [0.15, 0.2) is 0 Å². The van der Waals surface area contributed by atoms with Crippen LogP contribution < -0.4 is 5.32 Å². The predicted octanol–water partition coefficient (Wildman–Crippen LogP) is 3.86. The molecule has 3 heteroatoms. The Kier molecular flexibility index (Phi) is 5.77. The van der Waals surface area contributed by atoms with Crippen molar-refractivity contribution < 1.29 is 4.79 Å². The standard InChI is InChI=1S/C16H23NOS/c1-13-9-10-14(12-13)17-16(18)8-5-11-19-15-6-3-2-4-7-15/h2-4,6-7,13-14H,5,8-12H2,1H3,(H,17,18). The predicted molar refractivity (Wildman–Crippen MR) is 81.3 cm³/mol. The highest BCUT2D eigenvalue weighted by Crippen LogP contribution is 2.24. The third kappa shape index (κ3) is 5.27. The van der Waals surface area contributed by atoms with Gasteiger partial charge in [0.25, 0.3) is 0 Å². The van der Waals surface area contributed by atoms with E-state index in [1.807, 2.05) is 17.8 Å². The molecule has 1 aromatic rings. The molecule has 2 unspecified atom stereocenters. The van der Waals surface area contributed by atoms with Gasteiger partial charge >= 0.3 is 0 Å². The number of hydrogen-bond donors (Lipinski definition) is 1. The number of amides is 1. The van der Waals surface area contributed by atoms with E-state index in [1.54, 1.807) is 0 Å². The van der Waals surface area contributed by atoms with Crippen LogP contribution >= 0.6 is 11.8 Å². The average molecular weight is 277 g/mol. The van der Waals surface area contributed by atoms with Crippen LogP contribution in [0.4, 0.5) is 0 Å². The number of hydrogen-bond acceptors (Lipinski definition) is 2. The molecule has 0 bridgehead atoms. The van der Waals surface area contributed by atoms with Gasteiger partial charge in [-0.05, 0) is 49.5 Å². The smallest absolute Gasteiger partial charge is 0.220 e. The summed E-state index contributed by atoms with van der Waals surface area (Å²) < 4.78 is 0. The van der Waals surface area contributed by atoms with E-state index in [0.29, 0.717) is 12.5 Å². The van der Waals surface area contributed by atoms with Gasteiger partial charge in [-0.1, -0.05) is 25.1 Å². The number of carbonyl (C=O) groups excluding carboxylic acids is 1. The highest BCUT2D eigenvalue weighted by atomic mass is 32.2. The monoisotopic (exact) mass is 277 g/mol. The topological polar surface area (TPSA) is 29.1 Å². The van der Waals surface area contributed by atoms with Crippen molar-refractivity contribution in [2.45, 2.75) is 50.0 Å². The van der Waals surface area contributed by atoms with Crippen LogP contribution in [0, 0.1) is 5.92 Å². The van der Waals surface area contributed by atoms with Gasteiger partial charge in [-0.2, -0.15) is 0 Å². The van der Waals surface area contributed by atoms with Crippen LogP contribution in [0.5, 0.6) is 0 Å². The minimum absolute atomic E-state index is 0.229. The Morgan fingerprint density at radius 3 is 2.79 bits per heavy atom. The third-order valence-corrected chi connectivity index (χ3v) is 4.72. The van der Waals surface area contributed by atoms with Gasteiger partial charge in [-0.15, -0.1) is 11.8 Å². The molecule has 1 N–H and O–H groups in total. The Hall–Kier alpha value is -0.960. The molecule has 0 aromatic heterocycles.